The molecule has 0 saturated heterocycles. The van der Waals surface area contributed by atoms with Gasteiger partial charge in [0.1, 0.15) is 5.17 Å². The van der Waals surface area contributed by atoms with Gasteiger partial charge in [-0.25, -0.2) is 0 Å². The Morgan fingerprint density at radius 3 is 2.77 bits per heavy atom. The summed E-state index contributed by atoms with van der Waals surface area (Å²) in [6, 6.07) is 0. The second-order valence-corrected chi connectivity index (χ2v) is 3.36. The highest BCUT2D eigenvalue weighted by Gasteiger charge is 2.11. The van der Waals surface area contributed by atoms with E-state index in [0.717, 1.165) is 24.1 Å². The molecule has 0 unspecified atom stereocenters. The van der Waals surface area contributed by atoms with E-state index in [4.69, 9.17) is 11.6 Å². The Hall–Kier alpha value is -1.16. The maximum Gasteiger partial charge on any atom is 0.129 e. The Bertz CT molecular complexity index is 377. The SMILES string of the molecule is Cn1cc(C2=NN=C(Cl)CC2)cn1. The zero-order chi connectivity index (χ0) is 9.26. The van der Waals surface area contributed by atoms with Crippen molar-refractivity contribution in [2.75, 3.05) is 0 Å². The molecule has 0 aromatic carbocycles. The smallest absolute Gasteiger partial charge is 0.129 e. The predicted octanol–water partition coefficient (Wildman–Crippen LogP) is 1.56. The summed E-state index contributed by atoms with van der Waals surface area (Å²) in [5, 5.41) is 12.5. The van der Waals surface area contributed by atoms with Crippen LogP contribution in [0, 0.1) is 0 Å². The van der Waals surface area contributed by atoms with E-state index in [0.29, 0.717) is 5.17 Å². The third-order valence-electron chi connectivity index (χ3n) is 1.89. The van der Waals surface area contributed by atoms with Gasteiger partial charge < -0.3 is 0 Å². The molecule has 2 rings (SSSR count). The third-order valence-corrected chi connectivity index (χ3v) is 2.15. The van der Waals surface area contributed by atoms with Gasteiger partial charge in [-0.05, 0) is 6.42 Å². The number of rotatable bonds is 1. The van der Waals surface area contributed by atoms with Gasteiger partial charge in [0.05, 0.1) is 11.9 Å². The van der Waals surface area contributed by atoms with Crippen molar-refractivity contribution in [3.8, 4) is 0 Å². The van der Waals surface area contributed by atoms with Crippen molar-refractivity contribution < 1.29 is 0 Å². The lowest BCUT2D eigenvalue weighted by Crippen LogP contribution is -2.06. The van der Waals surface area contributed by atoms with Gasteiger partial charge in [-0.15, -0.1) is 5.10 Å². The normalized spacial score (nSPS) is 16.8. The van der Waals surface area contributed by atoms with Crippen molar-refractivity contribution >= 4 is 22.5 Å². The number of halogens is 1. The Kier molecular flexibility index (Phi) is 2.14. The van der Waals surface area contributed by atoms with Gasteiger partial charge in [0.25, 0.3) is 0 Å². The van der Waals surface area contributed by atoms with Crippen LogP contribution in [0.3, 0.4) is 0 Å². The van der Waals surface area contributed by atoms with Gasteiger partial charge in [0, 0.05) is 25.2 Å². The molecule has 2 heterocycles. The van der Waals surface area contributed by atoms with E-state index in [1.165, 1.54) is 0 Å². The first kappa shape index (κ1) is 8.44. The molecule has 4 nitrogen and oxygen atoms in total. The van der Waals surface area contributed by atoms with E-state index >= 15 is 0 Å². The average Bonchev–Trinajstić information content (AvgIpc) is 2.53. The fraction of sp³-hybridized carbons (Fsp3) is 0.375. The highest BCUT2D eigenvalue weighted by Crippen LogP contribution is 2.12. The summed E-state index contributed by atoms with van der Waals surface area (Å²) in [6.45, 7) is 0. The molecule has 5 heteroatoms. The number of hydrogen-bond acceptors (Lipinski definition) is 3. The van der Waals surface area contributed by atoms with Crippen molar-refractivity contribution in [2.24, 2.45) is 17.3 Å². The lowest BCUT2D eigenvalue weighted by molar-refractivity contribution is 0.767. The largest absolute Gasteiger partial charge is 0.275 e. The van der Waals surface area contributed by atoms with Crippen LogP contribution in [0.25, 0.3) is 0 Å². The summed E-state index contributed by atoms with van der Waals surface area (Å²) >= 11 is 5.70. The molecule has 13 heavy (non-hydrogen) atoms. The third kappa shape index (κ3) is 1.78. The molecule has 0 N–H and O–H groups in total. The molecule has 1 aromatic heterocycles. The highest BCUT2D eigenvalue weighted by atomic mass is 35.5. The molecule has 0 amide bonds. The Morgan fingerprint density at radius 2 is 2.23 bits per heavy atom. The van der Waals surface area contributed by atoms with E-state index in [-0.39, 0.29) is 0 Å². The van der Waals surface area contributed by atoms with Crippen LogP contribution in [-0.2, 0) is 7.05 Å². The quantitative estimate of drug-likeness (QED) is 0.672. The first-order valence-corrected chi connectivity index (χ1v) is 4.41. The first-order valence-electron chi connectivity index (χ1n) is 4.03. The van der Waals surface area contributed by atoms with E-state index in [1.807, 2.05) is 13.2 Å². The number of hydrogen-bond donors (Lipinski definition) is 0. The zero-order valence-corrected chi connectivity index (χ0v) is 7.99. The van der Waals surface area contributed by atoms with Crippen LogP contribution in [-0.4, -0.2) is 20.7 Å². The molecule has 1 aromatic rings. The van der Waals surface area contributed by atoms with Gasteiger partial charge in [0.2, 0.25) is 0 Å². The molecule has 0 spiro atoms. The van der Waals surface area contributed by atoms with Crippen molar-refractivity contribution in [3.05, 3.63) is 18.0 Å². The van der Waals surface area contributed by atoms with Crippen LogP contribution in [0.4, 0.5) is 0 Å². The molecule has 0 saturated carbocycles. The molecule has 0 aliphatic carbocycles. The molecule has 68 valence electrons. The fourth-order valence-corrected chi connectivity index (χ4v) is 1.34. The van der Waals surface area contributed by atoms with Crippen LogP contribution in [0.15, 0.2) is 22.6 Å². The van der Waals surface area contributed by atoms with Crippen LogP contribution >= 0.6 is 11.6 Å². The van der Waals surface area contributed by atoms with Crippen molar-refractivity contribution in [3.63, 3.8) is 0 Å². The maximum atomic E-state index is 5.70. The minimum Gasteiger partial charge on any atom is -0.275 e. The summed E-state index contributed by atoms with van der Waals surface area (Å²) < 4.78 is 1.75. The first-order chi connectivity index (χ1) is 6.25. The van der Waals surface area contributed by atoms with Gasteiger partial charge in [-0.1, -0.05) is 11.6 Å². The average molecular weight is 197 g/mol. The molecule has 0 radical (unpaired) electrons. The van der Waals surface area contributed by atoms with Gasteiger partial charge in [-0.3, -0.25) is 4.68 Å². The minimum absolute atomic E-state index is 0.577. The second-order valence-electron chi connectivity index (χ2n) is 2.93. The van der Waals surface area contributed by atoms with Crippen LogP contribution < -0.4 is 0 Å². The lowest BCUT2D eigenvalue weighted by Gasteiger charge is -2.05. The minimum atomic E-state index is 0.577. The summed E-state index contributed by atoms with van der Waals surface area (Å²) in [5.41, 5.74) is 1.98. The topological polar surface area (TPSA) is 42.5 Å². The van der Waals surface area contributed by atoms with Gasteiger partial charge in [-0.2, -0.15) is 10.2 Å². The number of aromatic nitrogens is 2. The van der Waals surface area contributed by atoms with Crippen molar-refractivity contribution in [2.45, 2.75) is 12.8 Å². The number of aryl methyl sites for hydroxylation is 1. The van der Waals surface area contributed by atoms with Crippen LogP contribution in [0.2, 0.25) is 0 Å². The summed E-state index contributed by atoms with van der Waals surface area (Å²) in [4.78, 5) is 0. The van der Waals surface area contributed by atoms with E-state index in [1.54, 1.807) is 10.9 Å². The second kappa shape index (κ2) is 3.30. The van der Waals surface area contributed by atoms with Gasteiger partial charge in [0.15, 0.2) is 0 Å². The molecular weight excluding hydrogens is 188 g/mol. The van der Waals surface area contributed by atoms with Crippen LogP contribution in [0.1, 0.15) is 18.4 Å². The Morgan fingerprint density at radius 1 is 1.38 bits per heavy atom. The summed E-state index contributed by atoms with van der Waals surface area (Å²) in [5.74, 6) is 0. The van der Waals surface area contributed by atoms with E-state index < -0.39 is 0 Å². The molecule has 0 bridgehead atoms. The predicted molar refractivity (Wildman–Crippen MR) is 52.3 cm³/mol. The standard InChI is InChI=1S/C8H9ClN4/c1-13-5-6(4-10-13)7-2-3-8(9)12-11-7/h4-5H,2-3H2,1H3. The van der Waals surface area contributed by atoms with Crippen molar-refractivity contribution in [1.82, 2.24) is 9.78 Å². The highest BCUT2D eigenvalue weighted by molar-refractivity contribution is 6.65. The lowest BCUT2D eigenvalue weighted by atomic mass is 10.1. The molecule has 1 aliphatic heterocycles. The maximum absolute atomic E-state index is 5.70. The van der Waals surface area contributed by atoms with E-state index in [9.17, 15) is 0 Å². The van der Waals surface area contributed by atoms with Gasteiger partial charge >= 0.3 is 0 Å². The van der Waals surface area contributed by atoms with Crippen LogP contribution in [0.5, 0.6) is 0 Å². The summed E-state index contributed by atoms with van der Waals surface area (Å²) in [7, 11) is 1.88. The molecule has 0 atom stereocenters. The molecule has 0 fully saturated rings. The monoisotopic (exact) mass is 196 g/mol. The molecular formula is C8H9ClN4. The van der Waals surface area contributed by atoms with E-state index in [2.05, 4.69) is 15.3 Å². The zero-order valence-electron chi connectivity index (χ0n) is 7.24. The number of nitrogens with zero attached hydrogens (tertiary/aromatic N) is 4. The summed E-state index contributed by atoms with van der Waals surface area (Å²) in [6.07, 6.45) is 5.32. The van der Waals surface area contributed by atoms with Crippen molar-refractivity contribution in [1.29, 1.82) is 0 Å². The Labute approximate surface area is 80.9 Å². The fourth-order valence-electron chi connectivity index (χ4n) is 1.21. The molecule has 1 aliphatic rings. The Balaban J connectivity index is 2.28.